The van der Waals surface area contributed by atoms with Gasteiger partial charge in [0.05, 0.1) is 28.0 Å². The normalized spacial score (nSPS) is 16.2. The Bertz CT molecular complexity index is 1890. The van der Waals surface area contributed by atoms with Gasteiger partial charge in [-0.1, -0.05) is 18.2 Å². The number of aryl methyl sites for hydroxylation is 2. The molecule has 6 rings (SSSR count). The number of aliphatic carboxylic acids is 1. The maximum atomic E-state index is 15.3. The summed E-state index contributed by atoms with van der Waals surface area (Å²) >= 11 is 1.20. The number of aromatic amines is 1. The predicted molar refractivity (Wildman–Crippen MR) is 155 cm³/mol. The minimum absolute atomic E-state index is 0.0335. The molecule has 2 aromatic heterocycles. The zero-order chi connectivity index (χ0) is 30.5. The molecule has 1 atom stereocenters. The van der Waals surface area contributed by atoms with Crippen molar-refractivity contribution >= 4 is 28.6 Å². The molecule has 3 aromatic carbocycles. The second-order valence-electron chi connectivity index (χ2n) is 10.5. The Hall–Kier alpha value is -4.45. The van der Waals surface area contributed by atoms with Crippen LogP contribution in [0.5, 0.6) is 17.2 Å². The number of carboxylic acid groups (broad SMARTS) is 1. The third-order valence-electron chi connectivity index (χ3n) is 7.82. The van der Waals surface area contributed by atoms with Crippen LogP contribution in [0, 0.1) is 17.5 Å². The number of carboxylic acids is 1. The molecular weight excluding hydrogens is 581 g/mol. The highest BCUT2D eigenvalue weighted by Crippen LogP contribution is 2.45. The standard InChI is InChI=1S/C31H27F3N4O4S/c1-31(12-14-41-26-16(7-10-22(39)40)5-4-6-20(26)31)30-36-29(38(2)37-30)19-15-17(8-9-21(19)32)42-27-24(34)23(33)25-18(11-13-35-25)28(27)43-3/h4-6,8-9,11,13,15,35H,7,10,12,14H2,1-3H3,(H,39,40). The summed E-state index contributed by atoms with van der Waals surface area (Å²) in [4.78, 5) is 19.0. The van der Waals surface area contributed by atoms with E-state index in [1.807, 2.05) is 25.1 Å². The summed E-state index contributed by atoms with van der Waals surface area (Å²) in [5.41, 5.74) is 1.01. The molecule has 43 heavy (non-hydrogen) atoms. The number of halogens is 3. The Morgan fingerprint density at radius 3 is 2.79 bits per heavy atom. The van der Waals surface area contributed by atoms with Crippen LogP contribution in [-0.2, 0) is 23.7 Å². The van der Waals surface area contributed by atoms with Crippen LogP contribution in [-0.4, -0.2) is 43.7 Å². The third kappa shape index (κ3) is 4.89. The van der Waals surface area contributed by atoms with Crippen molar-refractivity contribution in [3.8, 4) is 28.6 Å². The Labute approximate surface area is 248 Å². The molecule has 222 valence electrons. The smallest absolute Gasteiger partial charge is 0.303 e. The van der Waals surface area contributed by atoms with E-state index in [0.717, 1.165) is 11.1 Å². The van der Waals surface area contributed by atoms with Crippen molar-refractivity contribution in [2.45, 2.75) is 36.5 Å². The van der Waals surface area contributed by atoms with E-state index in [0.29, 0.717) is 41.3 Å². The molecule has 0 radical (unpaired) electrons. The van der Waals surface area contributed by atoms with Gasteiger partial charge in [0.2, 0.25) is 5.82 Å². The van der Waals surface area contributed by atoms with Crippen LogP contribution in [0.25, 0.3) is 22.3 Å². The molecular formula is C31H27F3N4O4S. The molecule has 1 aliphatic rings. The van der Waals surface area contributed by atoms with Gasteiger partial charge in [0, 0.05) is 30.6 Å². The number of hydrogen-bond donors (Lipinski definition) is 2. The van der Waals surface area contributed by atoms with Gasteiger partial charge in [-0.3, -0.25) is 4.79 Å². The average molecular weight is 609 g/mol. The fourth-order valence-corrected chi connectivity index (χ4v) is 6.23. The van der Waals surface area contributed by atoms with Gasteiger partial charge >= 0.3 is 5.97 Å². The van der Waals surface area contributed by atoms with Crippen molar-refractivity contribution in [1.82, 2.24) is 19.7 Å². The molecule has 0 fully saturated rings. The van der Waals surface area contributed by atoms with Gasteiger partial charge in [-0.25, -0.2) is 18.4 Å². The van der Waals surface area contributed by atoms with Gasteiger partial charge in [0.1, 0.15) is 17.3 Å². The van der Waals surface area contributed by atoms with Crippen molar-refractivity contribution in [3.05, 3.63) is 83.1 Å². The number of aromatic nitrogens is 4. The lowest BCUT2D eigenvalue weighted by molar-refractivity contribution is -0.136. The minimum atomic E-state index is -1.15. The second kappa shape index (κ2) is 11.0. The van der Waals surface area contributed by atoms with E-state index in [9.17, 15) is 9.18 Å². The van der Waals surface area contributed by atoms with Gasteiger partial charge in [-0.2, -0.15) is 9.49 Å². The van der Waals surface area contributed by atoms with Crippen LogP contribution in [0.3, 0.4) is 0 Å². The van der Waals surface area contributed by atoms with Gasteiger partial charge in [-0.05, 0) is 55.9 Å². The highest BCUT2D eigenvalue weighted by molar-refractivity contribution is 7.99. The first-order valence-corrected chi connectivity index (χ1v) is 14.7. The number of benzene rings is 3. The molecule has 0 bridgehead atoms. The summed E-state index contributed by atoms with van der Waals surface area (Å²) in [6.45, 7) is 2.34. The molecule has 1 unspecified atom stereocenters. The fraction of sp³-hybridized carbons (Fsp3) is 0.258. The quantitative estimate of drug-likeness (QED) is 0.183. The van der Waals surface area contributed by atoms with Crippen LogP contribution >= 0.6 is 11.8 Å². The Morgan fingerprint density at radius 2 is 2.02 bits per heavy atom. The third-order valence-corrected chi connectivity index (χ3v) is 8.63. The Morgan fingerprint density at radius 1 is 1.21 bits per heavy atom. The number of carbonyl (C=O) groups is 1. The molecule has 0 spiro atoms. The lowest BCUT2D eigenvalue weighted by Crippen LogP contribution is -2.33. The number of para-hydroxylation sites is 1. The molecule has 0 aliphatic carbocycles. The van der Waals surface area contributed by atoms with Crippen molar-refractivity contribution in [2.24, 2.45) is 7.05 Å². The first kappa shape index (κ1) is 28.7. The van der Waals surface area contributed by atoms with Crippen LogP contribution < -0.4 is 9.47 Å². The van der Waals surface area contributed by atoms with Crippen LogP contribution in [0.1, 0.15) is 36.7 Å². The van der Waals surface area contributed by atoms with E-state index >= 15 is 8.78 Å². The lowest BCUT2D eigenvalue weighted by Gasteiger charge is -2.34. The topological polar surface area (TPSA) is 102 Å². The Kier molecular flexibility index (Phi) is 7.33. The molecule has 0 saturated heterocycles. The summed E-state index contributed by atoms with van der Waals surface area (Å²) in [5, 5.41) is 14.3. The molecule has 8 nitrogen and oxygen atoms in total. The summed E-state index contributed by atoms with van der Waals surface area (Å²) in [6, 6.07) is 11.1. The van der Waals surface area contributed by atoms with Crippen molar-refractivity contribution in [1.29, 1.82) is 0 Å². The average Bonchev–Trinajstić information content (AvgIpc) is 3.63. The first-order chi connectivity index (χ1) is 20.6. The summed E-state index contributed by atoms with van der Waals surface area (Å²) in [7, 11) is 1.65. The monoisotopic (exact) mass is 608 g/mol. The number of rotatable bonds is 8. The van der Waals surface area contributed by atoms with E-state index in [1.165, 1.54) is 40.8 Å². The SMILES string of the molecule is CSc1c(Oc2ccc(F)c(-c3nc(C4(C)CCOc5c(CCC(=O)O)cccc54)nn3C)c2)c(F)c(F)c2[nH]ccc12. The van der Waals surface area contributed by atoms with Crippen molar-refractivity contribution < 1.29 is 32.5 Å². The van der Waals surface area contributed by atoms with Gasteiger partial charge in [0.15, 0.2) is 23.2 Å². The number of nitrogens with zero attached hydrogens (tertiary/aromatic N) is 3. The van der Waals surface area contributed by atoms with Crippen LogP contribution in [0.4, 0.5) is 13.2 Å². The number of thioether (sulfide) groups is 1. The number of nitrogens with one attached hydrogen (secondary N) is 1. The maximum Gasteiger partial charge on any atom is 0.303 e. The minimum Gasteiger partial charge on any atom is -0.493 e. The highest BCUT2D eigenvalue weighted by atomic mass is 32.2. The van der Waals surface area contributed by atoms with Gasteiger partial charge < -0.3 is 19.6 Å². The second-order valence-corrected chi connectivity index (χ2v) is 11.3. The van der Waals surface area contributed by atoms with E-state index < -0.39 is 28.8 Å². The molecule has 5 aromatic rings. The maximum absolute atomic E-state index is 15.3. The fourth-order valence-electron chi connectivity index (χ4n) is 5.53. The summed E-state index contributed by atoms with van der Waals surface area (Å²) in [6.07, 6.45) is 4.07. The first-order valence-electron chi connectivity index (χ1n) is 13.5. The predicted octanol–water partition coefficient (Wildman–Crippen LogP) is 7.00. The molecule has 3 heterocycles. The highest BCUT2D eigenvalue weighted by Gasteiger charge is 2.40. The van der Waals surface area contributed by atoms with E-state index in [1.54, 1.807) is 19.4 Å². The van der Waals surface area contributed by atoms with E-state index in [2.05, 4.69) is 10.1 Å². The van der Waals surface area contributed by atoms with Crippen molar-refractivity contribution in [3.63, 3.8) is 0 Å². The number of ether oxygens (including phenoxy) is 2. The number of fused-ring (bicyclic) bond motifs is 2. The van der Waals surface area contributed by atoms with Gasteiger partial charge in [-0.15, -0.1) is 11.8 Å². The number of hydrogen-bond acceptors (Lipinski definition) is 6. The molecule has 12 heteroatoms. The Balaban J connectivity index is 1.38. The molecule has 0 saturated carbocycles. The molecule has 1 aliphatic heterocycles. The lowest BCUT2D eigenvalue weighted by atomic mass is 9.76. The summed E-state index contributed by atoms with van der Waals surface area (Å²) in [5.74, 6) is -2.65. The van der Waals surface area contributed by atoms with Gasteiger partial charge in [0.25, 0.3) is 0 Å². The zero-order valence-corrected chi connectivity index (χ0v) is 24.3. The zero-order valence-electron chi connectivity index (χ0n) is 23.5. The van der Waals surface area contributed by atoms with Crippen LogP contribution in [0.15, 0.2) is 53.6 Å². The number of H-pyrrole nitrogens is 1. The van der Waals surface area contributed by atoms with Crippen molar-refractivity contribution in [2.75, 3.05) is 12.9 Å². The molecule has 0 amide bonds. The van der Waals surface area contributed by atoms with Crippen LogP contribution in [0.2, 0.25) is 0 Å². The molecule has 2 N–H and O–H groups in total. The van der Waals surface area contributed by atoms with E-state index in [4.69, 9.17) is 19.6 Å². The van der Waals surface area contributed by atoms with E-state index in [-0.39, 0.29) is 34.8 Å². The summed E-state index contributed by atoms with van der Waals surface area (Å²) < 4.78 is 58.5. The largest absolute Gasteiger partial charge is 0.493 e.